The first-order valence-corrected chi connectivity index (χ1v) is 14.9. The minimum Gasteiger partial charge on any atom is -0.469 e. The molecule has 1 N–H and O–H groups in total. The van der Waals surface area contributed by atoms with Crippen molar-refractivity contribution in [3.05, 3.63) is 25.3 Å². The monoisotopic (exact) mass is 495 g/mol. The van der Waals surface area contributed by atoms with Gasteiger partial charge in [-0.2, -0.15) is 0 Å². The molecule has 1 unspecified atom stereocenters. The zero-order chi connectivity index (χ0) is 26.5. The number of esters is 1. The van der Waals surface area contributed by atoms with Gasteiger partial charge in [0.25, 0.3) is 0 Å². The predicted molar refractivity (Wildman–Crippen MR) is 137 cm³/mol. The van der Waals surface area contributed by atoms with E-state index in [0.717, 1.165) is 0 Å². The summed E-state index contributed by atoms with van der Waals surface area (Å²) < 4.78 is 17.2. The highest BCUT2D eigenvalue weighted by Gasteiger charge is 2.54. The van der Waals surface area contributed by atoms with E-state index < -0.39 is 43.9 Å². The maximum atomic E-state index is 13.9. The number of alkyl carbamates (subject to hydrolysis) is 1. The Labute approximate surface area is 206 Å². The Morgan fingerprint density at radius 2 is 1.68 bits per heavy atom. The largest absolute Gasteiger partial charge is 0.469 e. The molecular weight excluding hydrogens is 450 g/mol. The smallest absolute Gasteiger partial charge is 0.408 e. The van der Waals surface area contributed by atoms with Crippen LogP contribution in [-0.4, -0.2) is 51.0 Å². The molecule has 0 aliphatic heterocycles. The standard InChI is InChI=1S/C26H45NO6Si/c1-12-14-17-20(33-34(10,11)26(6,7)8)16-18(23(29)31-9)21(17)22(28)19(15-13-2)27-24(30)32-25(3,4)5/h12-13,17-21H,1-2,14-16H2,3-11H3,(H,27,30)/t17-,18+,19-,20-,21?/m0/s1. The van der Waals surface area contributed by atoms with Gasteiger partial charge in [0.05, 0.1) is 19.1 Å². The van der Waals surface area contributed by atoms with E-state index in [4.69, 9.17) is 13.9 Å². The van der Waals surface area contributed by atoms with Crippen LogP contribution in [0.3, 0.4) is 0 Å². The number of hydrogen-bond acceptors (Lipinski definition) is 6. The molecule has 0 aromatic heterocycles. The van der Waals surface area contributed by atoms with Crippen molar-refractivity contribution in [1.82, 2.24) is 5.32 Å². The van der Waals surface area contributed by atoms with Gasteiger partial charge in [-0.05, 0) is 64.1 Å². The van der Waals surface area contributed by atoms with E-state index >= 15 is 0 Å². The Kier molecular flexibility index (Phi) is 10.3. The van der Waals surface area contributed by atoms with Gasteiger partial charge in [0, 0.05) is 12.0 Å². The van der Waals surface area contributed by atoms with Crippen molar-refractivity contribution in [2.24, 2.45) is 17.8 Å². The molecule has 1 amide bonds. The van der Waals surface area contributed by atoms with Gasteiger partial charge >= 0.3 is 12.1 Å². The van der Waals surface area contributed by atoms with Gasteiger partial charge in [-0.25, -0.2) is 4.79 Å². The molecule has 0 aromatic carbocycles. The summed E-state index contributed by atoms with van der Waals surface area (Å²) in [7, 11) is -0.851. The van der Waals surface area contributed by atoms with E-state index in [-0.39, 0.29) is 29.3 Å². The first kappa shape index (κ1) is 30.1. The van der Waals surface area contributed by atoms with Crippen molar-refractivity contribution < 1.29 is 28.3 Å². The Morgan fingerprint density at radius 3 is 2.12 bits per heavy atom. The average Bonchev–Trinajstić information content (AvgIpc) is 3.02. The molecule has 1 aliphatic carbocycles. The quantitative estimate of drug-likeness (QED) is 0.247. The van der Waals surface area contributed by atoms with E-state index in [2.05, 4.69) is 52.3 Å². The van der Waals surface area contributed by atoms with Crippen LogP contribution in [0.25, 0.3) is 0 Å². The lowest BCUT2D eigenvalue weighted by Crippen LogP contribution is -2.49. The lowest BCUT2D eigenvalue weighted by Gasteiger charge is -2.40. The second kappa shape index (κ2) is 11.7. The van der Waals surface area contributed by atoms with Crippen LogP contribution in [-0.2, 0) is 23.5 Å². The zero-order valence-electron chi connectivity index (χ0n) is 22.5. The SMILES string of the molecule is C=CC[C@H](NC(=O)OC(C)(C)C)C(=O)C1[C@@H](CC=C)[C@@H](O[Si](C)(C)C(C)(C)C)C[C@H]1C(=O)OC. The maximum absolute atomic E-state index is 13.9. The third-order valence-corrected chi connectivity index (χ3v) is 11.3. The van der Waals surface area contributed by atoms with Crippen LogP contribution < -0.4 is 5.32 Å². The highest BCUT2D eigenvalue weighted by Crippen LogP contribution is 2.47. The molecule has 0 heterocycles. The normalized spacial score (nSPS) is 24.1. The fourth-order valence-electron chi connectivity index (χ4n) is 4.18. The van der Waals surface area contributed by atoms with Crippen molar-refractivity contribution in [3.63, 3.8) is 0 Å². The first-order chi connectivity index (χ1) is 15.5. The fraction of sp³-hybridized carbons (Fsp3) is 0.731. The van der Waals surface area contributed by atoms with E-state index in [0.29, 0.717) is 12.8 Å². The van der Waals surface area contributed by atoms with Gasteiger partial charge in [0.1, 0.15) is 5.60 Å². The van der Waals surface area contributed by atoms with Crippen LogP contribution in [0.1, 0.15) is 60.8 Å². The Balaban J connectivity index is 3.36. The van der Waals surface area contributed by atoms with Crippen LogP contribution >= 0.6 is 0 Å². The van der Waals surface area contributed by atoms with Crippen molar-refractivity contribution in [2.75, 3.05) is 7.11 Å². The molecule has 5 atom stereocenters. The molecule has 7 nitrogen and oxygen atoms in total. The summed E-state index contributed by atoms with van der Waals surface area (Å²) in [6, 6.07) is -0.872. The van der Waals surface area contributed by atoms with Gasteiger partial charge in [-0.1, -0.05) is 32.9 Å². The maximum Gasteiger partial charge on any atom is 0.408 e. The number of ether oxygens (including phenoxy) is 2. The zero-order valence-corrected chi connectivity index (χ0v) is 23.5. The molecule has 1 rings (SSSR count). The molecular formula is C26H45NO6Si. The van der Waals surface area contributed by atoms with Crippen LogP contribution in [0, 0.1) is 17.8 Å². The van der Waals surface area contributed by atoms with Crippen molar-refractivity contribution in [2.45, 2.75) is 96.7 Å². The van der Waals surface area contributed by atoms with Crippen LogP contribution in [0.4, 0.5) is 4.79 Å². The number of carbonyl (C=O) groups is 3. The second-order valence-corrected chi connectivity index (χ2v) is 16.4. The second-order valence-electron chi connectivity index (χ2n) is 11.6. The minimum absolute atomic E-state index is 0.0295. The Bertz CT molecular complexity index is 764. The lowest BCUT2D eigenvalue weighted by molar-refractivity contribution is -0.149. The van der Waals surface area contributed by atoms with Gasteiger partial charge in [-0.3, -0.25) is 9.59 Å². The highest BCUT2D eigenvalue weighted by molar-refractivity contribution is 6.74. The number of amides is 1. The number of nitrogens with one attached hydrogen (secondary N) is 1. The third-order valence-electron chi connectivity index (χ3n) is 6.82. The van der Waals surface area contributed by atoms with Crippen LogP contribution in [0.15, 0.2) is 25.3 Å². The number of hydrogen-bond donors (Lipinski definition) is 1. The molecule has 8 heteroatoms. The summed E-state index contributed by atoms with van der Waals surface area (Å²) in [5.41, 5.74) is -0.707. The molecule has 1 saturated carbocycles. The lowest BCUT2D eigenvalue weighted by atomic mass is 9.80. The van der Waals surface area contributed by atoms with E-state index in [1.165, 1.54) is 7.11 Å². The van der Waals surface area contributed by atoms with E-state index in [1.807, 2.05) is 0 Å². The number of ketones is 1. The third kappa shape index (κ3) is 7.80. The molecule has 0 aromatic rings. The number of carbonyl (C=O) groups excluding carboxylic acids is 3. The predicted octanol–water partition coefficient (Wildman–Crippen LogP) is 5.42. The van der Waals surface area contributed by atoms with Crippen molar-refractivity contribution in [3.8, 4) is 0 Å². The first-order valence-electron chi connectivity index (χ1n) is 12.0. The Morgan fingerprint density at radius 1 is 1.09 bits per heavy atom. The molecule has 1 aliphatic rings. The number of methoxy groups -OCH3 is 1. The van der Waals surface area contributed by atoms with Crippen molar-refractivity contribution in [1.29, 1.82) is 0 Å². The molecule has 194 valence electrons. The summed E-state index contributed by atoms with van der Waals surface area (Å²) in [5.74, 6) is -2.28. The van der Waals surface area contributed by atoms with Crippen LogP contribution in [0.2, 0.25) is 18.1 Å². The van der Waals surface area contributed by atoms with Gasteiger partial charge < -0.3 is 19.2 Å². The summed E-state index contributed by atoms with van der Waals surface area (Å²) in [4.78, 5) is 39.1. The van der Waals surface area contributed by atoms with E-state index in [1.54, 1.807) is 32.9 Å². The van der Waals surface area contributed by atoms with Gasteiger partial charge in [0.2, 0.25) is 0 Å². The number of Topliss-reactive ketones (excluding diaryl/α,β-unsaturated/α-hetero) is 1. The van der Waals surface area contributed by atoms with Gasteiger partial charge in [-0.15, -0.1) is 13.2 Å². The summed E-state index contributed by atoms with van der Waals surface area (Å²) >= 11 is 0. The van der Waals surface area contributed by atoms with Crippen molar-refractivity contribution >= 4 is 26.2 Å². The summed E-state index contributed by atoms with van der Waals surface area (Å²) in [5, 5.41) is 2.66. The molecule has 0 bridgehead atoms. The highest BCUT2D eigenvalue weighted by atomic mass is 28.4. The fourth-order valence-corrected chi connectivity index (χ4v) is 5.56. The number of rotatable bonds is 10. The van der Waals surface area contributed by atoms with Crippen LogP contribution in [0.5, 0.6) is 0 Å². The molecule has 0 saturated heterocycles. The molecule has 0 radical (unpaired) electrons. The summed E-state index contributed by atoms with van der Waals surface area (Å²) in [6.45, 7) is 23.7. The Hall–Kier alpha value is -1.93. The minimum atomic E-state index is -2.18. The van der Waals surface area contributed by atoms with Gasteiger partial charge in [0.15, 0.2) is 14.1 Å². The molecule has 0 spiro atoms. The molecule has 1 fully saturated rings. The van der Waals surface area contributed by atoms with E-state index in [9.17, 15) is 14.4 Å². The molecule has 34 heavy (non-hydrogen) atoms. The number of allylic oxidation sites excluding steroid dienone is 1. The summed E-state index contributed by atoms with van der Waals surface area (Å²) in [6.07, 6.45) is 3.48. The average molecular weight is 496 g/mol. The topological polar surface area (TPSA) is 90.9 Å².